The summed E-state index contributed by atoms with van der Waals surface area (Å²) in [5.41, 5.74) is 1.69. The highest BCUT2D eigenvalue weighted by atomic mass is 35.5. The minimum atomic E-state index is -4.76. The Morgan fingerprint density at radius 3 is 2.28 bits per heavy atom. The summed E-state index contributed by atoms with van der Waals surface area (Å²) in [4.78, 5) is 12.5. The average molecular weight is 540 g/mol. The molecule has 0 aromatic heterocycles. The lowest BCUT2D eigenvalue weighted by atomic mass is 10.1. The molecule has 1 amide bonds. The first-order valence-electron chi connectivity index (χ1n) is 10.4. The van der Waals surface area contributed by atoms with Gasteiger partial charge in [0.15, 0.2) is 0 Å². The number of anilines is 1. The molecule has 0 spiro atoms. The molecule has 0 heterocycles. The largest absolute Gasteiger partial charge is 0.497 e. The number of nitrogens with zero attached hydrogens (tertiary/aromatic N) is 2. The van der Waals surface area contributed by atoms with Gasteiger partial charge in [-0.2, -0.15) is 18.3 Å². The Hall–Kier alpha value is -3.57. The number of hydrazone groups is 1. The van der Waals surface area contributed by atoms with Gasteiger partial charge in [0.1, 0.15) is 12.3 Å². The van der Waals surface area contributed by atoms with Crippen molar-refractivity contribution in [3.63, 3.8) is 0 Å². The molecule has 190 valence electrons. The van der Waals surface area contributed by atoms with E-state index in [0.29, 0.717) is 27.4 Å². The number of ether oxygens (including phenoxy) is 1. The number of amides is 1. The highest BCUT2D eigenvalue weighted by molar-refractivity contribution is 7.92. The Morgan fingerprint density at radius 1 is 1.06 bits per heavy atom. The minimum Gasteiger partial charge on any atom is -0.497 e. The number of rotatable bonds is 8. The summed E-state index contributed by atoms with van der Waals surface area (Å²) in [6, 6.07) is 16.0. The molecule has 3 rings (SSSR count). The van der Waals surface area contributed by atoms with Gasteiger partial charge in [0.2, 0.25) is 0 Å². The van der Waals surface area contributed by atoms with Crippen LogP contribution in [-0.2, 0) is 21.0 Å². The van der Waals surface area contributed by atoms with Crippen molar-refractivity contribution in [1.29, 1.82) is 0 Å². The van der Waals surface area contributed by atoms with Crippen LogP contribution in [0.1, 0.15) is 18.1 Å². The molecule has 0 aliphatic rings. The monoisotopic (exact) mass is 539 g/mol. The smallest absolute Gasteiger partial charge is 0.416 e. The highest BCUT2D eigenvalue weighted by Gasteiger charge is 2.34. The van der Waals surface area contributed by atoms with Crippen molar-refractivity contribution in [2.24, 2.45) is 5.10 Å². The summed E-state index contributed by atoms with van der Waals surface area (Å²) in [6.07, 6.45) is -4.76. The van der Waals surface area contributed by atoms with Gasteiger partial charge in [0, 0.05) is 0 Å². The number of hydrogen-bond donors (Lipinski definition) is 1. The highest BCUT2D eigenvalue weighted by Crippen LogP contribution is 2.37. The zero-order valence-electron chi connectivity index (χ0n) is 19.1. The van der Waals surface area contributed by atoms with E-state index in [9.17, 15) is 26.4 Å². The topological polar surface area (TPSA) is 88.1 Å². The van der Waals surface area contributed by atoms with Gasteiger partial charge >= 0.3 is 6.18 Å². The van der Waals surface area contributed by atoms with Crippen molar-refractivity contribution in [3.05, 3.63) is 88.9 Å². The fourth-order valence-corrected chi connectivity index (χ4v) is 4.83. The lowest BCUT2D eigenvalue weighted by Gasteiger charge is -2.25. The fourth-order valence-electron chi connectivity index (χ4n) is 3.11. The van der Waals surface area contributed by atoms with E-state index >= 15 is 0 Å². The van der Waals surface area contributed by atoms with Crippen molar-refractivity contribution in [3.8, 4) is 5.75 Å². The third-order valence-electron chi connectivity index (χ3n) is 5.02. The number of methoxy groups -OCH3 is 1. The molecule has 1 N–H and O–H groups in total. The molecule has 0 saturated carbocycles. The number of alkyl halides is 3. The summed E-state index contributed by atoms with van der Waals surface area (Å²) in [5.74, 6) is -0.272. The van der Waals surface area contributed by atoms with Gasteiger partial charge in [0.25, 0.3) is 15.9 Å². The van der Waals surface area contributed by atoms with Crippen molar-refractivity contribution in [2.45, 2.75) is 18.0 Å². The molecular formula is C24H21ClF3N3O4S. The lowest BCUT2D eigenvalue weighted by molar-refractivity contribution is -0.137. The Bertz CT molecular complexity index is 1360. The van der Waals surface area contributed by atoms with Crippen LogP contribution in [0.25, 0.3) is 0 Å². The van der Waals surface area contributed by atoms with Gasteiger partial charge < -0.3 is 4.74 Å². The number of nitrogens with one attached hydrogen (secondary N) is 1. The molecule has 0 saturated heterocycles. The van der Waals surface area contributed by atoms with E-state index in [1.807, 2.05) is 0 Å². The predicted octanol–water partition coefficient (Wildman–Crippen LogP) is 5.10. The van der Waals surface area contributed by atoms with Crippen LogP contribution in [0.4, 0.5) is 18.9 Å². The second kappa shape index (κ2) is 11.0. The van der Waals surface area contributed by atoms with Crippen LogP contribution in [-0.4, -0.2) is 33.7 Å². The van der Waals surface area contributed by atoms with Crippen LogP contribution in [0.5, 0.6) is 5.75 Å². The molecule has 36 heavy (non-hydrogen) atoms. The van der Waals surface area contributed by atoms with Gasteiger partial charge in [-0.1, -0.05) is 29.8 Å². The van der Waals surface area contributed by atoms with Crippen LogP contribution in [0, 0.1) is 0 Å². The molecular weight excluding hydrogens is 519 g/mol. The zero-order chi connectivity index (χ0) is 26.5. The Kier molecular flexibility index (Phi) is 8.26. The van der Waals surface area contributed by atoms with E-state index in [0.717, 1.165) is 12.1 Å². The third-order valence-corrected chi connectivity index (χ3v) is 7.11. The molecule has 0 atom stereocenters. The van der Waals surface area contributed by atoms with E-state index in [4.69, 9.17) is 16.3 Å². The van der Waals surface area contributed by atoms with E-state index in [1.54, 1.807) is 37.3 Å². The molecule has 7 nitrogen and oxygen atoms in total. The SMILES string of the molecule is COc1ccc(/C(C)=N/NC(=O)CN(c2cc(C(F)(F)F)ccc2Cl)S(=O)(=O)c2ccccc2)cc1. The maximum absolute atomic E-state index is 13.4. The van der Waals surface area contributed by atoms with E-state index in [-0.39, 0.29) is 9.92 Å². The number of benzene rings is 3. The first kappa shape index (κ1) is 27.0. The second-order valence-electron chi connectivity index (χ2n) is 7.45. The van der Waals surface area contributed by atoms with Crippen LogP contribution < -0.4 is 14.5 Å². The Labute approximate surface area is 211 Å². The minimum absolute atomic E-state index is 0.232. The summed E-state index contributed by atoms with van der Waals surface area (Å²) in [5, 5.41) is 3.69. The number of hydrogen-bond acceptors (Lipinski definition) is 5. The molecule has 3 aromatic carbocycles. The van der Waals surface area contributed by atoms with Gasteiger partial charge in [-0.05, 0) is 67.1 Å². The summed E-state index contributed by atoms with van der Waals surface area (Å²) < 4.78 is 72.4. The van der Waals surface area contributed by atoms with E-state index in [2.05, 4.69) is 10.5 Å². The summed E-state index contributed by atoms with van der Waals surface area (Å²) in [6.45, 7) is 0.738. The molecule has 0 aliphatic carbocycles. The Balaban J connectivity index is 1.95. The third kappa shape index (κ3) is 6.35. The zero-order valence-corrected chi connectivity index (χ0v) is 20.7. The van der Waals surface area contributed by atoms with Crippen molar-refractivity contribution < 1.29 is 31.1 Å². The molecule has 12 heteroatoms. The van der Waals surface area contributed by atoms with Gasteiger partial charge in [0.05, 0.1) is 34.0 Å². The number of halogens is 4. The second-order valence-corrected chi connectivity index (χ2v) is 9.72. The molecule has 0 fully saturated rings. The number of carbonyl (C=O) groups excluding carboxylic acids is 1. The molecule has 0 radical (unpaired) electrons. The number of carbonyl (C=O) groups is 1. The molecule has 3 aromatic rings. The maximum atomic E-state index is 13.4. The van der Waals surface area contributed by atoms with E-state index < -0.39 is 39.9 Å². The summed E-state index contributed by atoms with van der Waals surface area (Å²) in [7, 11) is -2.96. The molecule has 0 unspecified atom stereocenters. The van der Waals surface area contributed by atoms with Gasteiger partial charge in [-0.3, -0.25) is 9.10 Å². The van der Waals surface area contributed by atoms with Crippen molar-refractivity contribution >= 4 is 38.9 Å². The van der Waals surface area contributed by atoms with Crippen molar-refractivity contribution in [2.75, 3.05) is 18.0 Å². The van der Waals surface area contributed by atoms with Crippen LogP contribution in [0.15, 0.2) is 82.8 Å². The van der Waals surface area contributed by atoms with Crippen LogP contribution in [0.3, 0.4) is 0 Å². The summed E-state index contributed by atoms with van der Waals surface area (Å²) >= 11 is 6.11. The normalized spacial score (nSPS) is 12.2. The predicted molar refractivity (Wildman–Crippen MR) is 131 cm³/mol. The first-order chi connectivity index (χ1) is 16.9. The Morgan fingerprint density at radius 2 is 1.69 bits per heavy atom. The van der Waals surface area contributed by atoms with Gasteiger partial charge in [-0.25, -0.2) is 13.8 Å². The fraction of sp³-hybridized carbons (Fsp3) is 0.167. The molecule has 0 aliphatic heterocycles. The van der Waals surface area contributed by atoms with Crippen LogP contribution in [0.2, 0.25) is 5.02 Å². The number of sulfonamides is 1. The lowest BCUT2D eigenvalue weighted by Crippen LogP contribution is -2.40. The first-order valence-corrected chi connectivity index (χ1v) is 12.2. The standard InChI is InChI=1S/C24H21ClF3N3O4S/c1-16(17-8-11-19(35-2)12-9-17)29-30-23(32)15-31(36(33,34)20-6-4-3-5-7-20)22-14-18(24(26,27)28)10-13-21(22)25/h3-14H,15H2,1-2H3,(H,30,32)/b29-16+. The average Bonchev–Trinajstić information content (AvgIpc) is 2.86. The van der Waals surface area contributed by atoms with Crippen molar-refractivity contribution in [1.82, 2.24) is 5.43 Å². The van der Waals surface area contributed by atoms with Gasteiger partial charge in [-0.15, -0.1) is 0 Å². The van der Waals surface area contributed by atoms with E-state index in [1.165, 1.54) is 31.4 Å². The molecule has 0 bridgehead atoms. The van der Waals surface area contributed by atoms with Crippen LogP contribution >= 0.6 is 11.6 Å². The maximum Gasteiger partial charge on any atom is 0.416 e. The quantitative estimate of drug-likeness (QED) is 0.318.